The highest BCUT2D eigenvalue weighted by atomic mass is 32.1. The van der Waals surface area contributed by atoms with Crippen LogP contribution in [0.2, 0.25) is 0 Å². The summed E-state index contributed by atoms with van der Waals surface area (Å²) in [5.41, 5.74) is 0. The Morgan fingerprint density at radius 3 is 2.22 bits per heavy atom. The molecule has 0 saturated heterocycles. The summed E-state index contributed by atoms with van der Waals surface area (Å²) in [6, 6.07) is 9.04. The fourth-order valence-electron chi connectivity index (χ4n) is 1.81. The molecule has 0 saturated carbocycles. The third kappa shape index (κ3) is 3.65. The summed E-state index contributed by atoms with van der Waals surface area (Å²) in [6.45, 7) is 5.40. The summed E-state index contributed by atoms with van der Waals surface area (Å²) in [7, 11) is 2.16. The van der Waals surface area contributed by atoms with Crippen molar-refractivity contribution in [1.29, 1.82) is 0 Å². The molecule has 0 aromatic carbocycles. The maximum absolute atomic E-state index is 3.67. The van der Waals surface area contributed by atoms with E-state index in [1.807, 2.05) is 22.7 Å². The third-order valence-corrected chi connectivity index (χ3v) is 4.91. The second-order valence-corrected chi connectivity index (χ2v) is 6.27. The van der Waals surface area contributed by atoms with E-state index in [0.717, 1.165) is 19.6 Å². The van der Waals surface area contributed by atoms with Gasteiger partial charge in [-0.25, -0.2) is 0 Å². The molecule has 0 aliphatic carbocycles. The molecule has 0 amide bonds. The van der Waals surface area contributed by atoms with Crippen LogP contribution in [0.3, 0.4) is 0 Å². The standard InChI is InChI=1S/C14H20N2S2/c1-3-16(2)9-8-15-14(12-6-4-10-17-12)13-7-5-11-18-13/h4-7,10-11,14-15H,3,8-9H2,1-2H3. The largest absolute Gasteiger partial charge is 0.305 e. The normalized spacial score (nSPS) is 11.6. The molecule has 2 aromatic rings. The van der Waals surface area contributed by atoms with E-state index in [0.29, 0.717) is 6.04 Å². The summed E-state index contributed by atoms with van der Waals surface area (Å²) >= 11 is 3.65. The number of hydrogen-bond donors (Lipinski definition) is 1. The summed E-state index contributed by atoms with van der Waals surface area (Å²) < 4.78 is 0. The molecule has 0 bridgehead atoms. The molecular weight excluding hydrogens is 260 g/mol. The van der Waals surface area contributed by atoms with Crippen LogP contribution in [0.1, 0.15) is 22.7 Å². The van der Waals surface area contributed by atoms with Gasteiger partial charge in [-0.15, -0.1) is 22.7 Å². The summed E-state index contributed by atoms with van der Waals surface area (Å²) in [5.74, 6) is 0. The van der Waals surface area contributed by atoms with E-state index in [-0.39, 0.29) is 0 Å². The van der Waals surface area contributed by atoms with Crippen LogP contribution in [0, 0.1) is 0 Å². The lowest BCUT2D eigenvalue weighted by atomic mass is 10.2. The van der Waals surface area contributed by atoms with E-state index in [4.69, 9.17) is 0 Å². The van der Waals surface area contributed by atoms with Crippen LogP contribution in [0.15, 0.2) is 35.0 Å². The van der Waals surface area contributed by atoms with Gasteiger partial charge in [0.05, 0.1) is 6.04 Å². The first-order valence-electron chi connectivity index (χ1n) is 6.30. The van der Waals surface area contributed by atoms with E-state index in [1.165, 1.54) is 9.75 Å². The molecule has 2 heterocycles. The van der Waals surface area contributed by atoms with Crippen molar-refractivity contribution in [3.8, 4) is 0 Å². The molecular formula is C14H20N2S2. The van der Waals surface area contributed by atoms with Gasteiger partial charge < -0.3 is 10.2 Å². The van der Waals surface area contributed by atoms with Crippen molar-refractivity contribution in [3.05, 3.63) is 44.8 Å². The minimum Gasteiger partial charge on any atom is -0.305 e. The van der Waals surface area contributed by atoms with E-state index in [1.54, 1.807) is 0 Å². The van der Waals surface area contributed by atoms with Gasteiger partial charge in [0.25, 0.3) is 0 Å². The number of likely N-dealkylation sites (N-methyl/N-ethyl adjacent to an activating group) is 1. The number of nitrogens with zero attached hydrogens (tertiary/aromatic N) is 1. The Morgan fingerprint density at radius 1 is 1.17 bits per heavy atom. The van der Waals surface area contributed by atoms with Crippen molar-refractivity contribution in [2.24, 2.45) is 0 Å². The van der Waals surface area contributed by atoms with Crippen molar-refractivity contribution in [2.45, 2.75) is 13.0 Å². The molecule has 0 spiro atoms. The number of rotatable bonds is 7. The SMILES string of the molecule is CCN(C)CCNC(c1cccs1)c1cccs1. The predicted molar refractivity (Wildman–Crippen MR) is 81.7 cm³/mol. The van der Waals surface area contributed by atoms with Gasteiger partial charge >= 0.3 is 0 Å². The number of hydrogen-bond acceptors (Lipinski definition) is 4. The van der Waals surface area contributed by atoms with E-state index in [2.05, 4.69) is 59.2 Å². The minimum atomic E-state index is 0.357. The highest BCUT2D eigenvalue weighted by molar-refractivity contribution is 7.11. The van der Waals surface area contributed by atoms with Crippen LogP contribution in [0.4, 0.5) is 0 Å². The Hall–Kier alpha value is -0.680. The summed E-state index contributed by atoms with van der Waals surface area (Å²) in [4.78, 5) is 5.13. The van der Waals surface area contributed by atoms with Crippen molar-refractivity contribution in [2.75, 3.05) is 26.7 Å². The average Bonchev–Trinajstić information content (AvgIpc) is 3.06. The van der Waals surface area contributed by atoms with Gasteiger partial charge in [-0.05, 0) is 36.5 Å². The zero-order valence-electron chi connectivity index (χ0n) is 10.9. The quantitative estimate of drug-likeness (QED) is 0.836. The van der Waals surface area contributed by atoms with E-state index in [9.17, 15) is 0 Å². The average molecular weight is 280 g/mol. The number of thiophene rings is 2. The lowest BCUT2D eigenvalue weighted by Crippen LogP contribution is -2.31. The molecule has 0 radical (unpaired) electrons. The molecule has 2 aromatic heterocycles. The summed E-state index contributed by atoms with van der Waals surface area (Å²) in [6.07, 6.45) is 0. The van der Waals surface area contributed by atoms with Crippen LogP contribution < -0.4 is 5.32 Å². The first kappa shape index (κ1) is 13.7. The highest BCUT2D eigenvalue weighted by Crippen LogP contribution is 2.28. The smallest absolute Gasteiger partial charge is 0.0765 e. The predicted octanol–water partition coefficient (Wildman–Crippen LogP) is 3.44. The van der Waals surface area contributed by atoms with Gasteiger partial charge in [-0.2, -0.15) is 0 Å². The Morgan fingerprint density at radius 2 is 1.78 bits per heavy atom. The van der Waals surface area contributed by atoms with Crippen LogP contribution in [0.25, 0.3) is 0 Å². The van der Waals surface area contributed by atoms with Crippen molar-refractivity contribution in [1.82, 2.24) is 10.2 Å². The first-order valence-corrected chi connectivity index (χ1v) is 8.06. The van der Waals surface area contributed by atoms with Crippen LogP contribution in [-0.4, -0.2) is 31.6 Å². The Labute approximate surface area is 117 Å². The topological polar surface area (TPSA) is 15.3 Å². The summed E-state index contributed by atoms with van der Waals surface area (Å²) in [5, 5.41) is 7.97. The van der Waals surface area contributed by atoms with Gasteiger partial charge in [0.1, 0.15) is 0 Å². The zero-order valence-corrected chi connectivity index (χ0v) is 12.6. The highest BCUT2D eigenvalue weighted by Gasteiger charge is 2.15. The maximum Gasteiger partial charge on any atom is 0.0765 e. The third-order valence-electron chi connectivity index (χ3n) is 3.04. The second kappa shape index (κ2) is 7.04. The molecule has 1 N–H and O–H groups in total. The lowest BCUT2D eigenvalue weighted by Gasteiger charge is -2.19. The Kier molecular flexibility index (Phi) is 5.38. The van der Waals surface area contributed by atoms with Gasteiger partial charge in [-0.1, -0.05) is 19.1 Å². The molecule has 0 unspecified atom stereocenters. The molecule has 2 nitrogen and oxygen atoms in total. The van der Waals surface area contributed by atoms with Gasteiger partial charge in [0, 0.05) is 22.8 Å². The van der Waals surface area contributed by atoms with E-state index < -0.39 is 0 Å². The van der Waals surface area contributed by atoms with Crippen molar-refractivity contribution >= 4 is 22.7 Å². The van der Waals surface area contributed by atoms with Crippen LogP contribution in [-0.2, 0) is 0 Å². The molecule has 0 fully saturated rings. The Bertz CT molecular complexity index is 388. The monoisotopic (exact) mass is 280 g/mol. The molecule has 98 valence electrons. The van der Waals surface area contributed by atoms with Crippen LogP contribution in [0.5, 0.6) is 0 Å². The first-order chi connectivity index (χ1) is 8.81. The molecule has 4 heteroatoms. The fraction of sp³-hybridized carbons (Fsp3) is 0.429. The van der Waals surface area contributed by atoms with Crippen LogP contribution >= 0.6 is 22.7 Å². The molecule has 0 atom stereocenters. The fourth-order valence-corrected chi connectivity index (χ4v) is 3.52. The van der Waals surface area contributed by atoms with Crippen molar-refractivity contribution in [3.63, 3.8) is 0 Å². The Balaban J connectivity index is 1.98. The lowest BCUT2D eigenvalue weighted by molar-refractivity contribution is 0.345. The van der Waals surface area contributed by atoms with Crippen molar-refractivity contribution < 1.29 is 0 Å². The second-order valence-electron chi connectivity index (χ2n) is 4.31. The maximum atomic E-state index is 3.67. The minimum absolute atomic E-state index is 0.357. The van der Waals surface area contributed by atoms with E-state index >= 15 is 0 Å². The van der Waals surface area contributed by atoms with Gasteiger partial charge in [0.2, 0.25) is 0 Å². The number of nitrogens with one attached hydrogen (secondary N) is 1. The van der Waals surface area contributed by atoms with Gasteiger partial charge in [-0.3, -0.25) is 0 Å². The molecule has 0 aliphatic rings. The molecule has 2 rings (SSSR count). The molecule has 0 aliphatic heterocycles. The molecule has 18 heavy (non-hydrogen) atoms. The van der Waals surface area contributed by atoms with Gasteiger partial charge in [0.15, 0.2) is 0 Å². The zero-order chi connectivity index (χ0) is 12.8.